The van der Waals surface area contributed by atoms with Gasteiger partial charge in [0.15, 0.2) is 0 Å². The molecule has 2 unspecified atom stereocenters. The molecule has 1 aromatic carbocycles. The molecule has 3 nitrogen and oxygen atoms in total. The van der Waals surface area contributed by atoms with E-state index in [1.807, 2.05) is 24.3 Å². The Morgan fingerprint density at radius 2 is 1.74 bits per heavy atom. The second-order valence-corrected chi connectivity index (χ2v) is 4.83. The fourth-order valence-electron chi connectivity index (χ4n) is 2.30. The van der Waals surface area contributed by atoms with E-state index in [2.05, 4.69) is 26.1 Å². The van der Waals surface area contributed by atoms with Crippen molar-refractivity contribution < 1.29 is 9.47 Å². The molecule has 0 spiro atoms. The second kappa shape index (κ2) is 8.81. The zero-order valence-corrected chi connectivity index (χ0v) is 12.6. The molecule has 1 rings (SSSR count). The second-order valence-electron chi connectivity index (χ2n) is 4.83. The van der Waals surface area contributed by atoms with Gasteiger partial charge in [0.05, 0.1) is 13.7 Å². The van der Waals surface area contributed by atoms with Crippen LogP contribution in [-0.2, 0) is 0 Å². The smallest absolute Gasteiger partial charge is 0.119 e. The predicted molar refractivity (Wildman–Crippen MR) is 80.0 cm³/mol. The molecule has 108 valence electrons. The molecule has 0 fully saturated rings. The van der Waals surface area contributed by atoms with Gasteiger partial charge in [-0.1, -0.05) is 20.3 Å². The van der Waals surface area contributed by atoms with Crippen LogP contribution >= 0.6 is 0 Å². The van der Waals surface area contributed by atoms with Crippen LogP contribution in [0.15, 0.2) is 24.3 Å². The molecule has 2 atom stereocenters. The summed E-state index contributed by atoms with van der Waals surface area (Å²) in [5.74, 6) is 2.43. The molecule has 0 radical (unpaired) electrons. The van der Waals surface area contributed by atoms with Gasteiger partial charge in [0.2, 0.25) is 0 Å². The SMILES string of the molecule is CCNC(C)C(CC)CCOc1ccc(OC)cc1. The third-order valence-corrected chi connectivity index (χ3v) is 3.57. The summed E-state index contributed by atoms with van der Waals surface area (Å²) >= 11 is 0. The Bertz CT molecular complexity index is 337. The van der Waals surface area contributed by atoms with Gasteiger partial charge >= 0.3 is 0 Å². The molecule has 3 heteroatoms. The lowest BCUT2D eigenvalue weighted by atomic mass is 9.95. The average Bonchev–Trinajstić information content (AvgIpc) is 2.44. The first-order chi connectivity index (χ1) is 9.21. The van der Waals surface area contributed by atoms with Crippen LogP contribution in [0.2, 0.25) is 0 Å². The molecule has 0 saturated heterocycles. The van der Waals surface area contributed by atoms with E-state index in [9.17, 15) is 0 Å². The standard InChI is InChI=1S/C16H27NO2/c1-5-14(13(3)17-6-2)11-12-19-16-9-7-15(18-4)8-10-16/h7-10,13-14,17H,5-6,11-12H2,1-4H3. The van der Waals surface area contributed by atoms with Crippen molar-refractivity contribution >= 4 is 0 Å². The Morgan fingerprint density at radius 3 is 2.26 bits per heavy atom. The molecule has 0 saturated carbocycles. The summed E-state index contributed by atoms with van der Waals surface area (Å²) in [6.45, 7) is 8.44. The van der Waals surface area contributed by atoms with Crippen molar-refractivity contribution in [3.8, 4) is 11.5 Å². The van der Waals surface area contributed by atoms with Gasteiger partial charge in [-0.05, 0) is 50.1 Å². The van der Waals surface area contributed by atoms with Gasteiger partial charge in [-0.25, -0.2) is 0 Å². The highest BCUT2D eigenvalue weighted by atomic mass is 16.5. The lowest BCUT2D eigenvalue weighted by Crippen LogP contribution is -2.33. The molecule has 1 aromatic rings. The van der Waals surface area contributed by atoms with Crippen molar-refractivity contribution in [1.29, 1.82) is 0 Å². The van der Waals surface area contributed by atoms with Crippen molar-refractivity contribution in [3.05, 3.63) is 24.3 Å². The Balaban J connectivity index is 2.34. The first-order valence-corrected chi connectivity index (χ1v) is 7.21. The van der Waals surface area contributed by atoms with Crippen LogP contribution in [0.5, 0.6) is 11.5 Å². The average molecular weight is 265 g/mol. The van der Waals surface area contributed by atoms with Crippen LogP contribution < -0.4 is 14.8 Å². The van der Waals surface area contributed by atoms with Crippen LogP contribution in [0.3, 0.4) is 0 Å². The Kier molecular flexibility index (Phi) is 7.34. The molecule has 0 aliphatic heterocycles. The molecule has 0 aliphatic rings. The van der Waals surface area contributed by atoms with E-state index >= 15 is 0 Å². The number of rotatable bonds is 9. The van der Waals surface area contributed by atoms with Crippen LogP contribution in [0, 0.1) is 5.92 Å². The molecule has 19 heavy (non-hydrogen) atoms. The summed E-state index contributed by atoms with van der Waals surface area (Å²) < 4.78 is 10.9. The molecule has 0 aliphatic carbocycles. The molecular weight excluding hydrogens is 238 g/mol. The predicted octanol–water partition coefficient (Wildman–Crippen LogP) is 3.49. The molecule has 1 N–H and O–H groups in total. The van der Waals surface area contributed by atoms with Crippen molar-refractivity contribution in [2.75, 3.05) is 20.3 Å². The van der Waals surface area contributed by atoms with E-state index < -0.39 is 0 Å². The maximum Gasteiger partial charge on any atom is 0.119 e. The highest BCUT2D eigenvalue weighted by Crippen LogP contribution is 2.19. The summed E-state index contributed by atoms with van der Waals surface area (Å²) in [6.07, 6.45) is 2.26. The maximum atomic E-state index is 5.78. The maximum absolute atomic E-state index is 5.78. The van der Waals surface area contributed by atoms with E-state index in [4.69, 9.17) is 9.47 Å². The van der Waals surface area contributed by atoms with E-state index in [0.29, 0.717) is 12.0 Å². The summed E-state index contributed by atoms with van der Waals surface area (Å²) in [5.41, 5.74) is 0. The fourth-order valence-corrected chi connectivity index (χ4v) is 2.30. The minimum atomic E-state index is 0.550. The lowest BCUT2D eigenvalue weighted by molar-refractivity contribution is 0.248. The number of ether oxygens (including phenoxy) is 2. The Morgan fingerprint density at radius 1 is 1.11 bits per heavy atom. The number of methoxy groups -OCH3 is 1. The number of hydrogen-bond donors (Lipinski definition) is 1. The minimum absolute atomic E-state index is 0.550. The minimum Gasteiger partial charge on any atom is -0.497 e. The topological polar surface area (TPSA) is 30.5 Å². The Hall–Kier alpha value is -1.22. The fraction of sp³-hybridized carbons (Fsp3) is 0.625. The highest BCUT2D eigenvalue weighted by molar-refractivity contribution is 5.31. The molecule has 0 heterocycles. The van der Waals surface area contributed by atoms with E-state index in [1.165, 1.54) is 6.42 Å². The molecule has 0 aromatic heterocycles. The van der Waals surface area contributed by atoms with Crippen molar-refractivity contribution in [1.82, 2.24) is 5.32 Å². The van der Waals surface area contributed by atoms with Gasteiger partial charge in [-0.2, -0.15) is 0 Å². The number of hydrogen-bond acceptors (Lipinski definition) is 3. The first-order valence-electron chi connectivity index (χ1n) is 7.21. The zero-order valence-electron chi connectivity index (χ0n) is 12.6. The van der Waals surface area contributed by atoms with Gasteiger partial charge in [-0.3, -0.25) is 0 Å². The van der Waals surface area contributed by atoms with E-state index in [-0.39, 0.29) is 0 Å². The Labute approximate surface area is 117 Å². The lowest BCUT2D eigenvalue weighted by Gasteiger charge is -2.23. The summed E-state index contributed by atoms with van der Waals surface area (Å²) in [7, 11) is 1.67. The summed E-state index contributed by atoms with van der Waals surface area (Å²) in [4.78, 5) is 0. The summed E-state index contributed by atoms with van der Waals surface area (Å²) in [6, 6.07) is 8.30. The first kappa shape index (κ1) is 15.8. The molecule has 0 amide bonds. The van der Waals surface area contributed by atoms with Crippen LogP contribution in [0.4, 0.5) is 0 Å². The van der Waals surface area contributed by atoms with Crippen molar-refractivity contribution in [2.24, 2.45) is 5.92 Å². The monoisotopic (exact) mass is 265 g/mol. The normalized spacial score (nSPS) is 13.9. The van der Waals surface area contributed by atoms with Gasteiger partial charge in [0.25, 0.3) is 0 Å². The van der Waals surface area contributed by atoms with E-state index in [0.717, 1.165) is 31.1 Å². The van der Waals surface area contributed by atoms with Gasteiger partial charge in [0.1, 0.15) is 11.5 Å². The molecule has 0 bridgehead atoms. The largest absolute Gasteiger partial charge is 0.497 e. The van der Waals surface area contributed by atoms with Crippen LogP contribution in [-0.4, -0.2) is 26.3 Å². The summed E-state index contributed by atoms with van der Waals surface area (Å²) in [5, 5.41) is 3.49. The van der Waals surface area contributed by atoms with Crippen molar-refractivity contribution in [3.63, 3.8) is 0 Å². The van der Waals surface area contributed by atoms with Crippen molar-refractivity contribution in [2.45, 2.75) is 39.7 Å². The number of benzene rings is 1. The molecular formula is C16H27NO2. The van der Waals surface area contributed by atoms with Gasteiger partial charge in [-0.15, -0.1) is 0 Å². The number of nitrogens with one attached hydrogen (secondary N) is 1. The van der Waals surface area contributed by atoms with Crippen LogP contribution in [0.25, 0.3) is 0 Å². The van der Waals surface area contributed by atoms with Gasteiger partial charge in [0, 0.05) is 6.04 Å². The quantitative estimate of drug-likeness (QED) is 0.741. The van der Waals surface area contributed by atoms with Gasteiger partial charge < -0.3 is 14.8 Å². The van der Waals surface area contributed by atoms with Crippen LogP contribution in [0.1, 0.15) is 33.6 Å². The third-order valence-electron chi connectivity index (χ3n) is 3.57. The third kappa shape index (κ3) is 5.52. The van der Waals surface area contributed by atoms with E-state index in [1.54, 1.807) is 7.11 Å². The highest BCUT2D eigenvalue weighted by Gasteiger charge is 2.14. The zero-order chi connectivity index (χ0) is 14.1.